The Labute approximate surface area is 176 Å². The quantitative estimate of drug-likeness (QED) is 0.558. The first kappa shape index (κ1) is 21.2. The molecule has 1 amide bonds. The zero-order chi connectivity index (χ0) is 21.1. The summed E-state index contributed by atoms with van der Waals surface area (Å²) in [6.45, 7) is 10.3. The number of hydrogen-bond acceptors (Lipinski definition) is 4. The van der Waals surface area contributed by atoms with Gasteiger partial charge in [-0.1, -0.05) is 44.2 Å². The second kappa shape index (κ2) is 8.91. The molecule has 2 atom stereocenters. The molecule has 0 bridgehead atoms. The van der Waals surface area contributed by atoms with Crippen LogP contribution < -0.4 is 5.56 Å². The second-order valence-corrected chi connectivity index (χ2v) is 8.78. The van der Waals surface area contributed by atoms with Crippen molar-refractivity contribution in [3.63, 3.8) is 0 Å². The maximum Gasteiger partial charge on any atom is 0.263 e. The highest BCUT2D eigenvalue weighted by Crippen LogP contribution is 2.35. The van der Waals surface area contributed by atoms with Crippen LogP contribution in [0.2, 0.25) is 0 Å². The van der Waals surface area contributed by atoms with Crippen LogP contribution in [0.25, 0.3) is 21.3 Å². The summed E-state index contributed by atoms with van der Waals surface area (Å²) in [5, 5.41) is 0.604. The molecule has 0 aliphatic rings. The highest BCUT2D eigenvalue weighted by molar-refractivity contribution is 7.19. The summed E-state index contributed by atoms with van der Waals surface area (Å²) in [7, 11) is 0. The molecule has 2 aromatic heterocycles. The van der Waals surface area contributed by atoms with Crippen molar-refractivity contribution >= 4 is 27.5 Å². The third-order valence-corrected chi connectivity index (χ3v) is 6.66. The minimum absolute atomic E-state index is 0.0135. The van der Waals surface area contributed by atoms with Gasteiger partial charge in [0.1, 0.15) is 11.4 Å². The first-order valence-electron chi connectivity index (χ1n) is 10.2. The van der Waals surface area contributed by atoms with Gasteiger partial charge in [-0.3, -0.25) is 14.2 Å². The summed E-state index contributed by atoms with van der Waals surface area (Å²) in [6.07, 6.45) is 3.27. The molecular formula is C23H29N3O2S. The van der Waals surface area contributed by atoms with Crippen molar-refractivity contribution in [3.8, 4) is 11.1 Å². The molecule has 0 aliphatic carbocycles. The number of carbonyl (C=O) groups is 1. The lowest BCUT2D eigenvalue weighted by Crippen LogP contribution is -2.46. The van der Waals surface area contributed by atoms with Crippen molar-refractivity contribution in [3.05, 3.63) is 51.9 Å². The molecule has 3 rings (SSSR count). The SMILES string of the molecule is CC[C@H](C)N(C(=O)Cn1cnc2sc(C)c(-c3ccccc3)c2c1=O)[C@@H](C)CC. The molecule has 0 saturated heterocycles. The number of rotatable bonds is 7. The minimum atomic E-state index is -0.153. The van der Waals surface area contributed by atoms with E-state index in [-0.39, 0.29) is 30.1 Å². The number of fused-ring (bicyclic) bond motifs is 1. The molecule has 6 heteroatoms. The van der Waals surface area contributed by atoms with Gasteiger partial charge in [0.25, 0.3) is 5.56 Å². The molecule has 5 nitrogen and oxygen atoms in total. The predicted octanol–water partition coefficient (Wildman–Crippen LogP) is 4.86. The van der Waals surface area contributed by atoms with E-state index >= 15 is 0 Å². The minimum Gasteiger partial charge on any atom is -0.336 e. The van der Waals surface area contributed by atoms with E-state index in [1.54, 1.807) is 0 Å². The van der Waals surface area contributed by atoms with Gasteiger partial charge in [-0.05, 0) is 39.2 Å². The maximum atomic E-state index is 13.3. The fourth-order valence-corrected chi connectivity index (χ4v) is 4.75. The van der Waals surface area contributed by atoms with Gasteiger partial charge >= 0.3 is 0 Å². The number of carbonyl (C=O) groups excluding carboxylic acids is 1. The Balaban J connectivity index is 2.04. The fraction of sp³-hybridized carbons (Fsp3) is 0.435. The standard InChI is InChI=1S/C23H29N3O2S/c1-6-15(3)26(16(4)7-2)19(27)13-25-14-24-22-21(23(25)28)20(17(5)29-22)18-11-9-8-10-12-18/h8-12,14-16H,6-7,13H2,1-5H3/t15-,16-/m0/s1. The van der Waals surface area contributed by atoms with Crippen LogP contribution in [0.4, 0.5) is 0 Å². The smallest absolute Gasteiger partial charge is 0.263 e. The second-order valence-electron chi connectivity index (χ2n) is 7.57. The molecule has 154 valence electrons. The number of hydrogen-bond donors (Lipinski definition) is 0. The van der Waals surface area contributed by atoms with Crippen molar-refractivity contribution in [2.24, 2.45) is 0 Å². The van der Waals surface area contributed by atoms with Crippen LogP contribution in [-0.2, 0) is 11.3 Å². The topological polar surface area (TPSA) is 55.2 Å². The highest BCUT2D eigenvalue weighted by Gasteiger charge is 2.25. The van der Waals surface area contributed by atoms with E-state index in [9.17, 15) is 9.59 Å². The van der Waals surface area contributed by atoms with E-state index in [2.05, 4.69) is 32.7 Å². The normalized spacial score (nSPS) is 13.4. The molecule has 0 aliphatic heterocycles. The van der Waals surface area contributed by atoms with E-state index in [0.717, 1.165) is 33.7 Å². The summed E-state index contributed by atoms with van der Waals surface area (Å²) < 4.78 is 1.46. The lowest BCUT2D eigenvalue weighted by atomic mass is 10.0. The molecule has 0 N–H and O–H groups in total. The van der Waals surface area contributed by atoms with Gasteiger partial charge in [0, 0.05) is 22.5 Å². The van der Waals surface area contributed by atoms with Crippen molar-refractivity contribution < 1.29 is 4.79 Å². The largest absolute Gasteiger partial charge is 0.336 e. The van der Waals surface area contributed by atoms with Crippen LogP contribution >= 0.6 is 11.3 Å². The van der Waals surface area contributed by atoms with Gasteiger partial charge in [-0.25, -0.2) is 4.98 Å². The Hall–Kier alpha value is -2.47. The lowest BCUT2D eigenvalue weighted by molar-refractivity contribution is -0.136. The lowest BCUT2D eigenvalue weighted by Gasteiger charge is -2.34. The van der Waals surface area contributed by atoms with Crippen molar-refractivity contribution in [1.29, 1.82) is 0 Å². The molecule has 0 unspecified atom stereocenters. The highest BCUT2D eigenvalue weighted by atomic mass is 32.1. The van der Waals surface area contributed by atoms with Gasteiger partial charge < -0.3 is 4.90 Å². The summed E-state index contributed by atoms with van der Waals surface area (Å²) in [4.78, 5) is 34.6. The van der Waals surface area contributed by atoms with Crippen LogP contribution in [0.3, 0.4) is 0 Å². The van der Waals surface area contributed by atoms with Crippen molar-refractivity contribution in [2.75, 3.05) is 0 Å². The summed E-state index contributed by atoms with van der Waals surface area (Å²) in [5.74, 6) is -0.0369. The first-order valence-corrected chi connectivity index (χ1v) is 11.1. The number of benzene rings is 1. The number of thiophene rings is 1. The number of aromatic nitrogens is 2. The maximum absolute atomic E-state index is 13.3. The average Bonchev–Trinajstić information content (AvgIpc) is 3.07. The monoisotopic (exact) mass is 411 g/mol. The Morgan fingerprint density at radius 2 is 1.76 bits per heavy atom. The van der Waals surface area contributed by atoms with Crippen molar-refractivity contribution in [2.45, 2.75) is 66.1 Å². The third kappa shape index (κ3) is 4.13. The van der Waals surface area contributed by atoms with E-state index in [1.165, 1.54) is 22.2 Å². The van der Waals surface area contributed by atoms with Crippen LogP contribution in [0, 0.1) is 6.92 Å². The summed E-state index contributed by atoms with van der Waals surface area (Å²) >= 11 is 1.52. The number of nitrogens with zero attached hydrogens (tertiary/aromatic N) is 3. The van der Waals surface area contributed by atoms with Crippen LogP contribution in [0.1, 0.15) is 45.4 Å². The van der Waals surface area contributed by atoms with Crippen molar-refractivity contribution in [1.82, 2.24) is 14.5 Å². The zero-order valence-electron chi connectivity index (χ0n) is 17.8. The molecule has 29 heavy (non-hydrogen) atoms. The zero-order valence-corrected chi connectivity index (χ0v) is 18.6. The molecular weight excluding hydrogens is 382 g/mol. The van der Waals surface area contributed by atoms with Gasteiger partial charge in [0.15, 0.2) is 0 Å². The van der Waals surface area contributed by atoms with E-state index in [0.29, 0.717) is 5.39 Å². The Kier molecular flexibility index (Phi) is 6.52. The fourth-order valence-electron chi connectivity index (χ4n) is 3.75. The number of amides is 1. The first-order chi connectivity index (χ1) is 13.9. The van der Waals surface area contributed by atoms with Crippen LogP contribution in [-0.4, -0.2) is 32.4 Å². The van der Waals surface area contributed by atoms with Crippen LogP contribution in [0.15, 0.2) is 41.5 Å². The van der Waals surface area contributed by atoms with Gasteiger partial charge in [0.2, 0.25) is 5.91 Å². The molecule has 1 aromatic carbocycles. The van der Waals surface area contributed by atoms with Gasteiger partial charge in [0.05, 0.1) is 11.7 Å². The summed E-state index contributed by atoms with van der Waals surface area (Å²) in [5.41, 5.74) is 1.77. The average molecular weight is 412 g/mol. The molecule has 0 saturated carbocycles. The predicted molar refractivity (Wildman–Crippen MR) is 120 cm³/mol. The Bertz CT molecular complexity index is 1050. The van der Waals surface area contributed by atoms with Gasteiger partial charge in [-0.15, -0.1) is 11.3 Å². The molecule has 0 fully saturated rings. The summed E-state index contributed by atoms with van der Waals surface area (Å²) in [6, 6.07) is 10.2. The van der Waals surface area contributed by atoms with E-state index in [1.807, 2.05) is 42.2 Å². The molecule has 0 radical (unpaired) electrons. The van der Waals surface area contributed by atoms with E-state index in [4.69, 9.17) is 0 Å². The Morgan fingerprint density at radius 1 is 1.14 bits per heavy atom. The van der Waals surface area contributed by atoms with E-state index < -0.39 is 0 Å². The third-order valence-electron chi connectivity index (χ3n) is 5.64. The van der Waals surface area contributed by atoms with Crippen LogP contribution in [0.5, 0.6) is 0 Å². The molecule has 3 aromatic rings. The van der Waals surface area contributed by atoms with Gasteiger partial charge in [-0.2, -0.15) is 0 Å². The molecule has 2 heterocycles. The number of aryl methyl sites for hydroxylation is 1. The Morgan fingerprint density at radius 3 is 2.34 bits per heavy atom. The molecule has 0 spiro atoms.